The minimum absolute atomic E-state index is 0.0225. The highest BCUT2D eigenvalue weighted by Gasteiger charge is 2.41. The number of nitriles is 1. The molecule has 0 aromatic heterocycles. The van der Waals surface area contributed by atoms with Crippen molar-refractivity contribution in [2.45, 2.75) is 56.8 Å². The van der Waals surface area contributed by atoms with Crippen molar-refractivity contribution in [3.8, 4) is 17.6 Å². The lowest BCUT2D eigenvalue weighted by molar-refractivity contribution is -0.168. The number of rotatable bonds is 4. The Morgan fingerprint density at radius 2 is 1.93 bits per heavy atom. The number of fused-ring (bicyclic) bond motifs is 1. The minimum atomic E-state index is -1.00. The van der Waals surface area contributed by atoms with Gasteiger partial charge in [-0.1, -0.05) is 31.4 Å². The molecule has 1 aliphatic carbocycles. The molecule has 0 bridgehead atoms. The molecule has 0 unspecified atom stereocenters. The fraction of sp³-hybridized carbons (Fsp3) is 0.550. The number of hydrogen-bond acceptors (Lipinski definition) is 6. The number of para-hydroxylation sites is 2. The summed E-state index contributed by atoms with van der Waals surface area (Å²) in [5, 5.41) is 9.63. The van der Waals surface area contributed by atoms with Crippen LogP contribution in [0.15, 0.2) is 24.3 Å². The quantitative estimate of drug-likeness (QED) is 0.754. The number of hydrogen-bond donors (Lipinski definition) is 0. The van der Waals surface area contributed by atoms with Gasteiger partial charge in [0.2, 0.25) is 6.10 Å². The number of carbonyl (C=O) groups excluding carboxylic acids is 2. The molecule has 2 aliphatic rings. The van der Waals surface area contributed by atoms with E-state index in [9.17, 15) is 14.9 Å². The van der Waals surface area contributed by atoms with E-state index in [2.05, 4.69) is 6.07 Å². The summed E-state index contributed by atoms with van der Waals surface area (Å²) in [6.07, 6.45) is 2.23. The van der Waals surface area contributed by atoms with E-state index in [1.54, 1.807) is 25.2 Å². The second kappa shape index (κ2) is 7.87. The van der Waals surface area contributed by atoms with E-state index >= 15 is 0 Å². The number of nitrogens with zero attached hydrogens (tertiary/aromatic N) is 2. The lowest BCUT2D eigenvalue weighted by Gasteiger charge is -2.40. The molecule has 1 heterocycles. The van der Waals surface area contributed by atoms with E-state index in [0.717, 1.165) is 19.3 Å². The van der Waals surface area contributed by atoms with E-state index in [1.165, 1.54) is 11.8 Å². The van der Waals surface area contributed by atoms with E-state index in [0.29, 0.717) is 24.3 Å². The van der Waals surface area contributed by atoms with Crippen molar-refractivity contribution in [3.63, 3.8) is 0 Å². The van der Waals surface area contributed by atoms with Gasteiger partial charge in [-0.15, -0.1) is 0 Å². The molecule has 7 nitrogen and oxygen atoms in total. The molecule has 0 saturated heterocycles. The van der Waals surface area contributed by atoms with Gasteiger partial charge < -0.3 is 19.1 Å². The standard InChI is InChI=1S/C20H24N2O5/c1-14(18(23)22(2)20(13-21)10-6-3-7-11-20)26-19(24)17-12-25-15-8-4-5-9-16(15)27-17/h4-5,8-9,14,17H,3,6-7,10-12H2,1-2H3/t14-,17-/m1/s1. The minimum Gasteiger partial charge on any atom is -0.485 e. The van der Waals surface area contributed by atoms with Crippen LogP contribution in [0.2, 0.25) is 0 Å². The second-order valence-electron chi connectivity index (χ2n) is 7.04. The van der Waals surface area contributed by atoms with Gasteiger partial charge in [-0.25, -0.2) is 4.79 Å². The molecule has 1 fully saturated rings. The summed E-state index contributed by atoms with van der Waals surface area (Å²) in [5.74, 6) is -0.0107. The smallest absolute Gasteiger partial charge is 0.351 e. The van der Waals surface area contributed by atoms with E-state index in [-0.39, 0.29) is 12.5 Å². The van der Waals surface area contributed by atoms with Crippen LogP contribution in [0.5, 0.6) is 11.5 Å². The van der Waals surface area contributed by atoms with Crippen LogP contribution >= 0.6 is 0 Å². The lowest BCUT2D eigenvalue weighted by atomic mass is 9.81. The number of amides is 1. The van der Waals surface area contributed by atoms with Gasteiger partial charge in [0.25, 0.3) is 5.91 Å². The number of esters is 1. The predicted molar refractivity (Wildman–Crippen MR) is 96.1 cm³/mol. The fourth-order valence-electron chi connectivity index (χ4n) is 3.58. The summed E-state index contributed by atoms with van der Waals surface area (Å²) >= 11 is 0. The van der Waals surface area contributed by atoms with Crippen molar-refractivity contribution in [1.29, 1.82) is 5.26 Å². The zero-order valence-electron chi connectivity index (χ0n) is 15.6. The second-order valence-corrected chi connectivity index (χ2v) is 7.04. The molecular weight excluding hydrogens is 348 g/mol. The van der Waals surface area contributed by atoms with E-state index in [1.807, 2.05) is 6.07 Å². The molecule has 1 aromatic carbocycles. The summed E-state index contributed by atoms with van der Waals surface area (Å²) in [6, 6.07) is 9.35. The molecule has 0 N–H and O–H groups in total. The van der Waals surface area contributed by atoms with Crippen LogP contribution in [0.3, 0.4) is 0 Å². The number of benzene rings is 1. The van der Waals surface area contributed by atoms with Gasteiger partial charge in [-0.05, 0) is 31.9 Å². The highest BCUT2D eigenvalue weighted by atomic mass is 16.6. The van der Waals surface area contributed by atoms with Crippen LogP contribution in [0.1, 0.15) is 39.0 Å². The van der Waals surface area contributed by atoms with Crippen LogP contribution < -0.4 is 9.47 Å². The third kappa shape index (κ3) is 3.85. The first-order chi connectivity index (χ1) is 13.0. The van der Waals surface area contributed by atoms with Gasteiger partial charge in [-0.2, -0.15) is 5.26 Å². The maximum Gasteiger partial charge on any atom is 0.351 e. The SMILES string of the molecule is C[C@@H](OC(=O)[C@H]1COc2ccccc2O1)C(=O)N(C)C1(C#N)CCCCC1. The molecule has 3 rings (SSSR count). The Morgan fingerprint density at radius 3 is 2.59 bits per heavy atom. The molecule has 1 aromatic rings. The molecular formula is C20H24N2O5. The highest BCUT2D eigenvalue weighted by Crippen LogP contribution is 2.33. The summed E-state index contributed by atoms with van der Waals surface area (Å²) in [7, 11) is 1.61. The Labute approximate surface area is 158 Å². The summed E-state index contributed by atoms with van der Waals surface area (Å²) in [5.41, 5.74) is -0.820. The van der Waals surface area contributed by atoms with E-state index < -0.39 is 23.7 Å². The molecule has 0 spiro atoms. The summed E-state index contributed by atoms with van der Waals surface area (Å²) in [4.78, 5) is 26.6. The Bertz CT molecular complexity index is 751. The van der Waals surface area contributed by atoms with Gasteiger partial charge in [0.1, 0.15) is 12.1 Å². The molecule has 1 aliphatic heterocycles. The van der Waals surface area contributed by atoms with Gasteiger partial charge in [0.05, 0.1) is 6.07 Å². The molecule has 1 amide bonds. The van der Waals surface area contributed by atoms with Crippen molar-refractivity contribution in [2.75, 3.05) is 13.7 Å². The Hall–Kier alpha value is -2.75. The average Bonchev–Trinajstić information content (AvgIpc) is 2.72. The zero-order chi connectivity index (χ0) is 19.4. The van der Waals surface area contributed by atoms with Crippen LogP contribution in [-0.2, 0) is 14.3 Å². The van der Waals surface area contributed by atoms with Crippen molar-refractivity contribution >= 4 is 11.9 Å². The third-order valence-corrected chi connectivity index (χ3v) is 5.27. The first-order valence-corrected chi connectivity index (χ1v) is 9.25. The van der Waals surface area contributed by atoms with Crippen LogP contribution in [0.25, 0.3) is 0 Å². The largest absolute Gasteiger partial charge is 0.485 e. The lowest BCUT2D eigenvalue weighted by Crippen LogP contribution is -2.53. The van der Waals surface area contributed by atoms with Crippen LogP contribution in [0.4, 0.5) is 0 Å². The molecule has 1 saturated carbocycles. The summed E-state index contributed by atoms with van der Waals surface area (Å²) < 4.78 is 16.4. The van der Waals surface area contributed by atoms with Crippen LogP contribution in [-0.4, -0.2) is 48.2 Å². The van der Waals surface area contributed by atoms with Crippen molar-refractivity contribution in [2.24, 2.45) is 0 Å². The Kier molecular flexibility index (Phi) is 5.54. The molecule has 144 valence electrons. The summed E-state index contributed by atoms with van der Waals surface area (Å²) in [6.45, 7) is 1.54. The van der Waals surface area contributed by atoms with Gasteiger partial charge in [0.15, 0.2) is 17.6 Å². The molecule has 27 heavy (non-hydrogen) atoms. The van der Waals surface area contributed by atoms with Crippen molar-refractivity contribution in [3.05, 3.63) is 24.3 Å². The van der Waals surface area contributed by atoms with Crippen molar-refractivity contribution < 1.29 is 23.8 Å². The topological polar surface area (TPSA) is 88.9 Å². The maximum atomic E-state index is 12.7. The highest BCUT2D eigenvalue weighted by molar-refractivity contribution is 5.85. The zero-order valence-corrected chi connectivity index (χ0v) is 15.6. The normalized spacial score (nSPS) is 21.4. The Balaban J connectivity index is 1.61. The molecule has 0 radical (unpaired) electrons. The molecule has 7 heteroatoms. The number of ether oxygens (including phenoxy) is 3. The first-order valence-electron chi connectivity index (χ1n) is 9.25. The monoisotopic (exact) mass is 372 g/mol. The van der Waals surface area contributed by atoms with Crippen LogP contribution in [0, 0.1) is 11.3 Å². The molecule has 2 atom stereocenters. The number of likely N-dealkylation sites (N-methyl/N-ethyl adjacent to an activating group) is 1. The first kappa shape index (κ1) is 19.0. The van der Waals surface area contributed by atoms with Gasteiger partial charge in [0, 0.05) is 7.05 Å². The van der Waals surface area contributed by atoms with E-state index in [4.69, 9.17) is 14.2 Å². The predicted octanol–water partition coefficient (Wildman–Crippen LogP) is 2.44. The fourth-order valence-corrected chi connectivity index (χ4v) is 3.58. The van der Waals surface area contributed by atoms with Gasteiger partial charge in [-0.3, -0.25) is 4.79 Å². The van der Waals surface area contributed by atoms with Gasteiger partial charge >= 0.3 is 5.97 Å². The number of carbonyl (C=O) groups is 2. The maximum absolute atomic E-state index is 12.7. The third-order valence-electron chi connectivity index (χ3n) is 5.27. The Morgan fingerprint density at radius 1 is 1.26 bits per heavy atom. The average molecular weight is 372 g/mol. The van der Waals surface area contributed by atoms with Crippen molar-refractivity contribution in [1.82, 2.24) is 4.90 Å².